The lowest BCUT2D eigenvalue weighted by atomic mass is 10.1. The predicted octanol–water partition coefficient (Wildman–Crippen LogP) is 2.21. The van der Waals surface area contributed by atoms with Crippen LogP contribution in [0, 0.1) is 5.82 Å². The average Bonchev–Trinajstić information content (AvgIpc) is 2.23. The maximum absolute atomic E-state index is 13.5. The molecule has 16 heavy (non-hydrogen) atoms. The Kier molecular flexibility index (Phi) is 3.95. The summed E-state index contributed by atoms with van der Waals surface area (Å²) >= 11 is 5.57. The van der Waals surface area contributed by atoms with Crippen LogP contribution in [0.15, 0.2) is 6.07 Å². The van der Waals surface area contributed by atoms with Crippen LogP contribution < -0.4 is 4.74 Å². The second kappa shape index (κ2) is 5.03. The molecule has 0 aliphatic carbocycles. The average molecular weight is 249 g/mol. The normalized spacial score (nSPS) is 10.2. The molecule has 6 heteroatoms. The van der Waals surface area contributed by atoms with Crippen molar-refractivity contribution in [3.05, 3.63) is 22.5 Å². The molecule has 0 aliphatic rings. The van der Waals surface area contributed by atoms with Gasteiger partial charge in [0.15, 0.2) is 11.5 Å². The minimum absolute atomic E-state index is 0.0202. The van der Waals surface area contributed by atoms with Crippen molar-refractivity contribution in [2.24, 2.45) is 0 Å². The maximum Gasteiger partial charge on any atom is 0.303 e. The number of carbonyl (C=O) groups is 1. The van der Waals surface area contributed by atoms with Crippen LogP contribution in [-0.2, 0) is 11.2 Å². The van der Waals surface area contributed by atoms with Crippen molar-refractivity contribution in [1.29, 1.82) is 0 Å². The van der Waals surface area contributed by atoms with Crippen LogP contribution in [0.1, 0.15) is 12.0 Å². The Morgan fingerprint density at radius 1 is 1.62 bits per heavy atom. The van der Waals surface area contributed by atoms with Gasteiger partial charge in [0.05, 0.1) is 12.1 Å². The van der Waals surface area contributed by atoms with Gasteiger partial charge < -0.3 is 14.9 Å². The number of hydrogen-bond acceptors (Lipinski definition) is 3. The van der Waals surface area contributed by atoms with E-state index in [-0.39, 0.29) is 29.2 Å². The molecule has 1 rings (SSSR count). The molecule has 4 nitrogen and oxygen atoms in total. The standard InChI is InChI=1S/C10H10ClFO4/c1-16-7-4-6(11)9(12)5(10(7)15)2-3-8(13)14/h4,15H,2-3H2,1H3,(H,13,14). The minimum atomic E-state index is -1.09. The number of phenols is 1. The molecule has 0 fully saturated rings. The minimum Gasteiger partial charge on any atom is -0.504 e. The first kappa shape index (κ1) is 12.6. The van der Waals surface area contributed by atoms with Gasteiger partial charge in [0.25, 0.3) is 0 Å². The Hall–Kier alpha value is -1.49. The molecule has 0 aromatic heterocycles. The van der Waals surface area contributed by atoms with Crippen molar-refractivity contribution >= 4 is 17.6 Å². The fourth-order valence-corrected chi connectivity index (χ4v) is 1.47. The largest absolute Gasteiger partial charge is 0.504 e. The molecule has 2 N–H and O–H groups in total. The van der Waals surface area contributed by atoms with E-state index in [9.17, 15) is 14.3 Å². The van der Waals surface area contributed by atoms with Crippen LogP contribution in [0.3, 0.4) is 0 Å². The van der Waals surface area contributed by atoms with Crippen molar-refractivity contribution in [2.75, 3.05) is 7.11 Å². The van der Waals surface area contributed by atoms with Crippen LogP contribution in [0.5, 0.6) is 11.5 Å². The number of carboxylic acids is 1. The Balaban J connectivity index is 3.14. The topological polar surface area (TPSA) is 66.8 Å². The predicted molar refractivity (Wildman–Crippen MR) is 55.6 cm³/mol. The zero-order chi connectivity index (χ0) is 12.3. The van der Waals surface area contributed by atoms with Crippen LogP contribution in [-0.4, -0.2) is 23.3 Å². The number of halogens is 2. The summed E-state index contributed by atoms with van der Waals surface area (Å²) in [4.78, 5) is 10.4. The van der Waals surface area contributed by atoms with Gasteiger partial charge >= 0.3 is 5.97 Å². The van der Waals surface area contributed by atoms with Crippen LogP contribution in [0.4, 0.5) is 4.39 Å². The number of hydrogen-bond donors (Lipinski definition) is 2. The Bertz CT molecular complexity index is 420. The van der Waals surface area contributed by atoms with E-state index in [2.05, 4.69) is 0 Å². The second-order valence-electron chi connectivity index (χ2n) is 3.10. The molecular weight excluding hydrogens is 239 g/mol. The molecule has 0 saturated heterocycles. The van der Waals surface area contributed by atoms with Crippen molar-refractivity contribution in [1.82, 2.24) is 0 Å². The summed E-state index contributed by atoms with van der Waals surface area (Å²) in [5.74, 6) is -2.30. The first-order valence-electron chi connectivity index (χ1n) is 4.43. The number of carboxylic acid groups (broad SMARTS) is 1. The first-order chi connectivity index (χ1) is 7.47. The SMILES string of the molecule is COc1cc(Cl)c(F)c(CCC(=O)O)c1O. The van der Waals surface area contributed by atoms with Crippen molar-refractivity contribution in [3.63, 3.8) is 0 Å². The van der Waals surface area contributed by atoms with Gasteiger partial charge in [-0.3, -0.25) is 4.79 Å². The van der Waals surface area contributed by atoms with Crippen molar-refractivity contribution in [2.45, 2.75) is 12.8 Å². The molecule has 0 radical (unpaired) electrons. The van der Waals surface area contributed by atoms with Crippen molar-refractivity contribution in [3.8, 4) is 11.5 Å². The molecule has 0 heterocycles. The van der Waals surface area contributed by atoms with Gasteiger partial charge in [-0.25, -0.2) is 4.39 Å². The van der Waals surface area contributed by atoms with Gasteiger partial charge in [0.2, 0.25) is 0 Å². The molecule has 0 aliphatic heterocycles. The Labute approximate surface area is 96.2 Å². The first-order valence-corrected chi connectivity index (χ1v) is 4.80. The van der Waals surface area contributed by atoms with Crippen molar-refractivity contribution < 1.29 is 24.1 Å². The number of ether oxygens (including phenoxy) is 1. The molecular formula is C10H10ClFO4. The third-order valence-electron chi connectivity index (χ3n) is 2.06. The van der Waals surface area contributed by atoms with Gasteiger partial charge in [-0.05, 0) is 6.42 Å². The summed E-state index contributed by atoms with van der Waals surface area (Å²) in [6, 6.07) is 1.14. The zero-order valence-corrected chi connectivity index (χ0v) is 9.21. The van der Waals surface area contributed by atoms with E-state index in [0.717, 1.165) is 6.07 Å². The highest BCUT2D eigenvalue weighted by Crippen LogP contribution is 2.36. The summed E-state index contributed by atoms with van der Waals surface area (Å²) < 4.78 is 18.3. The van der Waals surface area contributed by atoms with Crippen LogP contribution in [0.2, 0.25) is 5.02 Å². The molecule has 0 atom stereocenters. The maximum atomic E-state index is 13.5. The number of aromatic hydroxyl groups is 1. The third kappa shape index (κ3) is 2.55. The van der Waals surface area contributed by atoms with Gasteiger partial charge in [0, 0.05) is 18.1 Å². The second-order valence-corrected chi connectivity index (χ2v) is 3.50. The smallest absolute Gasteiger partial charge is 0.303 e. The van der Waals surface area contributed by atoms with Gasteiger partial charge in [-0.2, -0.15) is 0 Å². The number of phenolic OH excluding ortho intramolecular Hbond substituents is 1. The molecule has 1 aromatic carbocycles. The quantitative estimate of drug-likeness (QED) is 0.857. The summed E-state index contributed by atoms with van der Waals surface area (Å²) in [6.45, 7) is 0. The highest BCUT2D eigenvalue weighted by atomic mass is 35.5. The fraction of sp³-hybridized carbons (Fsp3) is 0.300. The van der Waals surface area contributed by atoms with Crippen LogP contribution in [0.25, 0.3) is 0 Å². The number of benzene rings is 1. The van der Waals surface area contributed by atoms with E-state index in [0.29, 0.717) is 0 Å². The lowest BCUT2D eigenvalue weighted by molar-refractivity contribution is -0.136. The Morgan fingerprint density at radius 3 is 2.75 bits per heavy atom. The summed E-state index contributed by atoms with van der Waals surface area (Å²) in [6.07, 6.45) is -0.447. The van der Waals surface area contributed by atoms with Gasteiger partial charge in [0.1, 0.15) is 5.82 Å². The Morgan fingerprint density at radius 2 is 2.25 bits per heavy atom. The third-order valence-corrected chi connectivity index (χ3v) is 2.34. The lowest BCUT2D eigenvalue weighted by Gasteiger charge is -2.10. The van der Waals surface area contributed by atoms with Gasteiger partial charge in [-0.1, -0.05) is 11.6 Å². The molecule has 0 unspecified atom stereocenters. The number of rotatable bonds is 4. The van der Waals surface area contributed by atoms with E-state index < -0.39 is 17.5 Å². The molecule has 0 saturated carbocycles. The monoisotopic (exact) mass is 248 g/mol. The van der Waals surface area contributed by atoms with E-state index in [1.165, 1.54) is 7.11 Å². The molecule has 1 aromatic rings. The van der Waals surface area contributed by atoms with Crippen LogP contribution >= 0.6 is 11.6 Å². The zero-order valence-electron chi connectivity index (χ0n) is 8.46. The highest BCUT2D eigenvalue weighted by molar-refractivity contribution is 6.31. The van der Waals surface area contributed by atoms with E-state index in [1.54, 1.807) is 0 Å². The summed E-state index contributed by atoms with van der Waals surface area (Å²) in [7, 11) is 1.30. The number of aliphatic carboxylic acids is 1. The molecule has 0 bridgehead atoms. The summed E-state index contributed by atoms with van der Waals surface area (Å²) in [5.41, 5.74) is -0.147. The lowest BCUT2D eigenvalue weighted by Crippen LogP contribution is -2.01. The fourth-order valence-electron chi connectivity index (χ4n) is 1.26. The van der Waals surface area contributed by atoms with E-state index >= 15 is 0 Å². The van der Waals surface area contributed by atoms with Gasteiger partial charge in [-0.15, -0.1) is 0 Å². The molecule has 0 spiro atoms. The van der Waals surface area contributed by atoms with E-state index in [4.69, 9.17) is 21.4 Å². The molecule has 88 valence electrons. The van der Waals surface area contributed by atoms with E-state index in [1.807, 2.05) is 0 Å². The summed E-state index contributed by atoms with van der Waals surface area (Å²) in [5, 5.41) is 17.9. The highest BCUT2D eigenvalue weighted by Gasteiger charge is 2.18. The number of methoxy groups -OCH3 is 1. The molecule has 0 amide bonds.